The molecule has 0 fully saturated rings. The molecule has 2 N–H and O–H groups in total. The molecule has 5 heteroatoms. The molecule has 2 aromatic heterocycles. The average Bonchev–Trinajstić information content (AvgIpc) is 3.63. The van der Waals surface area contributed by atoms with Gasteiger partial charge in [-0.15, -0.1) is 0 Å². The third-order valence-corrected chi connectivity index (χ3v) is 9.11. The Hall–Kier alpha value is -6.82. The minimum atomic E-state index is 0.572. The Bertz CT molecular complexity index is 2600. The minimum absolute atomic E-state index is 0.572. The number of benzene rings is 6. The Kier molecular flexibility index (Phi) is 6.87. The first-order valence-electron chi connectivity index (χ1n) is 15.8. The number of nitrogen functional groups attached to an aromatic ring is 1. The van der Waals surface area contributed by atoms with E-state index in [1.54, 1.807) is 0 Å². The third-order valence-electron chi connectivity index (χ3n) is 9.11. The molecule has 0 spiro atoms. The van der Waals surface area contributed by atoms with Crippen LogP contribution in [0.15, 0.2) is 140 Å². The van der Waals surface area contributed by atoms with Gasteiger partial charge in [0, 0.05) is 27.4 Å². The number of allylic oxidation sites excluding steroid dienone is 1. The molecule has 0 radical (unpaired) electrons. The summed E-state index contributed by atoms with van der Waals surface area (Å²) in [4.78, 5) is 0. The van der Waals surface area contributed by atoms with E-state index in [0.29, 0.717) is 16.8 Å². The third kappa shape index (κ3) is 4.46. The Morgan fingerprint density at radius 2 is 1.17 bits per heavy atom. The molecule has 0 amide bonds. The quantitative estimate of drug-likeness (QED) is 0.209. The van der Waals surface area contributed by atoms with Gasteiger partial charge in [0.2, 0.25) is 0 Å². The zero-order valence-electron chi connectivity index (χ0n) is 26.2. The SMILES string of the molecule is C/C=C\c1c(N)c2ccccc2n1-c1ccc(C#N)cc1-c1ccc(-c2ccc(-n3c4ccccc4c4ccccc43)cc2C#N)cc1. The Labute approximate surface area is 278 Å². The number of rotatable bonds is 5. The average molecular weight is 616 g/mol. The summed E-state index contributed by atoms with van der Waals surface area (Å²) in [6.07, 6.45) is 4.01. The molecule has 2 heterocycles. The smallest absolute Gasteiger partial charge is 0.0998 e. The minimum Gasteiger partial charge on any atom is -0.396 e. The monoisotopic (exact) mass is 615 g/mol. The predicted molar refractivity (Wildman–Crippen MR) is 197 cm³/mol. The summed E-state index contributed by atoms with van der Waals surface area (Å²) in [5.74, 6) is 0. The molecule has 0 saturated carbocycles. The van der Waals surface area contributed by atoms with Gasteiger partial charge >= 0.3 is 0 Å². The molecule has 6 aromatic carbocycles. The molecule has 8 rings (SSSR count). The molecule has 0 aliphatic heterocycles. The zero-order chi connectivity index (χ0) is 32.8. The fourth-order valence-electron chi connectivity index (χ4n) is 6.94. The second-order valence-electron chi connectivity index (χ2n) is 11.8. The van der Waals surface area contributed by atoms with Gasteiger partial charge in [0.15, 0.2) is 0 Å². The van der Waals surface area contributed by atoms with Crippen molar-refractivity contribution in [2.45, 2.75) is 6.92 Å². The van der Waals surface area contributed by atoms with Crippen molar-refractivity contribution >= 4 is 44.5 Å². The van der Waals surface area contributed by atoms with Crippen LogP contribution >= 0.6 is 0 Å². The first-order chi connectivity index (χ1) is 23.6. The number of para-hydroxylation sites is 3. The van der Waals surface area contributed by atoms with Gasteiger partial charge in [0.25, 0.3) is 0 Å². The van der Waals surface area contributed by atoms with Gasteiger partial charge in [-0.1, -0.05) is 91.0 Å². The summed E-state index contributed by atoms with van der Waals surface area (Å²) in [6, 6.07) is 49.6. The van der Waals surface area contributed by atoms with Crippen LogP contribution in [0.2, 0.25) is 0 Å². The molecule has 0 bridgehead atoms. The fourth-order valence-corrected chi connectivity index (χ4v) is 6.94. The van der Waals surface area contributed by atoms with Crippen LogP contribution in [0.5, 0.6) is 0 Å². The van der Waals surface area contributed by atoms with Crippen LogP contribution in [0.25, 0.3) is 72.4 Å². The molecule has 0 unspecified atom stereocenters. The lowest BCUT2D eigenvalue weighted by molar-refractivity contribution is 1.11. The van der Waals surface area contributed by atoms with Crippen molar-refractivity contribution < 1.29 is 0 Å². The van der Waals surface area contributed by atoms with E-state index in [0.717, 1.165) is 61.3 Å². The highest BCUT2D eigenvalue weighted by molar-refractivity contribution is 6.09. The number of aromatic nitrogens is 2. The molecule has 0 aliphatic carbocycles. The number of fused-ring (bicyclic) bond motifs is 4. The topological polar surface area (TPSA) is 83.5 Å². The van der Waals surface area contributed by atoms with Crippen molar-refractivity contribution in [3.63, 3.8) is 0 Å². The molecular weight excluding hydrogens is 587 g/mol. The van der Waals surface area contributed by atoms with E-state index in [4.69, 9.17) is 5.73 Å². The maximum absolute atomic E-state index is 10.3. The predicted octanol–water partition coefficient (Wildman–Crippen LogP) is 10.4. The van der Waals surface area contributed by atoms with Gasteiger partial charge < -0.3 is 14.9 Å². The molecule has 48 heavy (non-hydrogen) atoms. The summed E-state index contributed by atoms with van der Waals surface area (Å²) >= 11 is 0. The van der Waals surface area contributed by atoms with Crippen molar-refractivity contribution in [3.05, 3.63) is 156 Å². The lowest BCUT2D eigenvalue weighted by Crippen LogP contribution is -2.01. The maximum atomic E-state index is 10.3. The lowest BCUT2D eigenvalue weighted by atomic mass is 9.95. The molecule has 0 atom stereocenters. The van der Waals surface area contributed by atoms with E-state index in [1.807, 2.05) is 91.9 Å². The van der Waals surface area contributed by atoms with Crippen LogP contribution in [0.3, 0.4) is 0 Å². The second-order valence-corrected chi connectivity index (χ2v) is 11.8. The van der Waals surface area contributed by atoms with E-state index in [1.165, 1.54) is 10.8 Å². The van der Waals surface area contributed by atoms with Crippen molar-refractivity contribution in [1.82, 2.24) is 9.13 Å². The van der Waals surface area contributed by atoms with Gasteiger partial charge in [-0.25, -0.2) is 0 Å². The summed E-state index contributed by atoms with van der Waals surface area (Å²) in [7, 11) is 0. The summed E-state index contributed by atoms with van der Waals surface area (Å²) in [6.45, 7) is 1.98. The van der Waals surface area contributed by atoms with Gasteiger partial charge in [-0.2, -0.15) is 10.5 Å². The lowest BCUT2D eigenvalue weighted by Gasteiger charge is -2.16. The van der Waals surface area contributed by atoms with E-state index < -0.39 is 0 Å². The van der Waals surface area contributed by atoms with Crippen LogP contribution in [0, 0.1) is 22.7 Å². The summed E-state index contributed by atoms with van der Waals surface area (Å²) in [5.41, 5.74) is 18.2. The Morgan fingerprint density at radius 1 is 0.583 bits per heavy atom. The maximum Gasteiger partial charge on any atom is 0.0998 e. The largest absolute Gasteiger partial charge is 0.396 e. The van der Waals surface area contributed by atoms with E-state index in [-0.39, 0.29) is 0 Å². The number of hydrogen-bond donors (Lipinski definition) is 1. The molecule has 5 nitrogen and oxygen atoms in total. The zero-order valence-corrected chi connectivity index (χ0v) is 26.2. The molecule has 0 saturated heterocycles. The first kappa shape index (κ1) is 28.6. The summed E-state index contributed by atoms with van der Waals surface area (Å²) < 4.78 is 4.39. The Morgan fingerprint density at radius 3 is 1.77 bits per heavy atom. The highest BCUT2D eigenvalue weighted by Gasteiger charge is 2.19. The molecule has 8 aromatic rings. The van der Waals surface area contributed by atoms with Gasteiger partial charge in [0.05, 0.1) is 56.9 Å². The van der Waals surface area contributed by atoms with Gasteiger partial charge in [-0.3, -0.25) is 0 Å². The van der Waals surface area contributed by atoms with Crippen molar-refractivity contribution in [2.75, 3.05) is 5.73 Å². The van der Waals surface area contributed by atoms with E-state index in [9.17, 15) is 10.5 Å². The van der Waals surface area contributed by atoms with Crippen LogP contribution in [-0.4, -0.2) is 9.13 Å². The molecule has 0 aliphatic rings. The number of anilines is 1. The van der Waals surface area contributed by atoms with E-state index in [2.05, 4.69) is 81.9 Å². The Balaban J connectivity index is 1.24. The normalized spacial score (nSPS) is 11.4. The van der Waals surface area contributed by atoms with Crippen LogP contribution in [0.1, 0.15) is 23.7 Å². The number of hydrogen-bond acceptors (Lipinski definition) is 3. The number of nitrogens with zero attached hydrogens (tertiary/aromatic N) is 4. The highest BCUT2D eigenvalue weighted by Crippen LogP contribution is 2.38. The van der Waals surface area contributed by atoms with Crippen LogP contribution in [0.4, 0.5) is 5.69 Å². The van der Waals surface area contributed by atoms with E-state index >= 15 is 0 Å². The second kappa shape index (κ2) is 11.5. The van der Waals surface area contributed by atoms with Crippen molar-refractivity contribution in [2.24, 2.45) is 0 Å². The first-order valence-corrected chi connectivity index (χ1v) is 15.8. The standard InChI is InChI=1S/C43H29N5/c1-2-9-42-43(46)36-12-5-8-15-40(36)48(42)41-23-16-28(26-44)24-37(41)30-19-17-29(18-20-30)33-22-21-32(25-31(33)27-45)47-38-13-6-3-10-34(38)35-11-4-7-14-39(35)47/h2-25H,46H2,1H3/b9-2-. The van der Waals surface area contributed by atoms with Crippen molar-refractivity contribution in [3.8, 4) is 45.8 Å². The number of nitrogens with two attached hydrogens (primary N) is 1. The summed E-state index contributed by atoms with van der Waals surface area (Å²) in [5, 5.41) is 23.5. The fraction of sp³-hybridized carbons (Fsp3) is 0.0233. The molecular formula is C43H29N5. The van der Waals surface area contributed by atoms with Gasteiger partial charge in [0.1, 0.15) is 0 Å². The number of nitriles is 2. The highest BCUT2D eigenvalue weighted by atomic mass is 15.0. The van der Waals surface area contributed by atoms with Crippen LogP contribution in [-0.2, 0) is 0 Å². The van der Waals surface area contributed by atoms with Gasteiger partial charge in [-0.05, 0) is 78.2 Å². The van der Waals surface area contributed by atoms with Crippen molar-refractivity contribution in [1.29, 1.82) is 10.5 Å². The van der Waals surface area contributed by atoms with Crippen LogP contribution < -0.4 is 5.73 Å². The molecule has 226 valence electrons.